The van der Waals surface area contributed by atoms with Crippen LogP contribution in [0.25, 0.3) is 11.1 Å². The maximum Gasteiger partial charge on any atom is 0.277 e. The highest BCUT2D eigenvalue weighted by atomic mass is 35.5. The molecule has 0 spiro atoms. The van der Waals surface area contributed by atoms with Gasteiger partial charge in [0, 0.05) is 24.5 Å². The van der Waals surface area contributed by atoms with Crippen LogP contribution in [0.1, 0.15) is 16.5 Å². The van der Waals surface area contributed by atoms with Crippen LogP contribution in [0, 0.1) is 0 Å². The first-order chi connectivity index (χ1) is 13.5. The molecule has 1 amide bonds. The Labute approximate surface area is 170 Å². The third-order valence-corrected chi connectivity index (χ3v) is 5.44. The van der Waals surface area contributed by atoms with Gasteiger partial charge >= 0.3 is 0 Å². The Hall–Kier alpha value is -2.64. The van der Waals surface area contributed by atoms with Crippen LogP contribution in [-0.4, -0.2) is 40.9 Å². The molecule has 0 saturated heterocycles. The summed E-state index contributed by atoms with van der Waals surface area (Å²) in [5.41, 5.74) is 2.27. The minimum atomic E-state index is -0.655. The fourth-order valence-corrected chi connectivity index (χ4v) is 3.58. The van der Waals surface area contributed by atoms with Crippen LogP contribution in [-0.2, 0) is 0 Å². The Morgan fingerprint density at radius 1 is 1.25 bits per heavy atom. The van der Waals surface area contributed by atoms with Gasteiger partial charge in [-0.1, -0.05) is 23.2 Å². The largest absolute Gasteiger partial charge is 0.373 e. The number of amides is 1. The fourth-order valence-electron chi connectivity index (χ4n) is 3.29. The molecule has 4 rings (SSSR count). The summed E-state index contributed by atoms with van der Waals surface area (Å²) in [6, 6.07) is 7.92. The molecule has 1 aromatic carbocycles. The second-order valence-corrected chi connectivity index (χ2v) is 7.17. The molecule has 6 nitrogen and oxygen atoms in total. The molecule has 0 unspecified atom stereocenters. The van der Waals surface area contributed by atoms with Crippen LogP contribution in [0.2, 0.25) is 10.0 Å². The van der Waals surface area contributed by atoms with Crippen molar-refractivity contribution in [2.45, 2.75) is 6.04 Å². The lowest BCUT2D eigenvalue weighted by Gasteiger charge is -2.33. The summed E-state index contributed by atoms with van der Waals surface area (Å²) in [5, 5.41) is 7.98. The molecule has 1 atom stereocenters. The van der Waals surface area contributed by atoms with Crippen LogP contribution >= 0.6 is 23.2 Å². The number of aromatic nitrogens is 3. The van der Waals surface area contributed by atoms with Crippen LogP contribution in [0.3, 0.4) is 0 Å². The van der Waals surface area contributed by atoms with E-state index in [0.29, 0.717) is 32.8 Å². The van der Waals surface area contributed by atoms with Gasteiger partial charge in [-0.05, 0) is 35.9 Å². The van der Waals surface area contributed by atoms with Crippen molar-refractivity contribution in [1.82, 2.24) is 14.8 Å². The van der Waals surface area contributed by atoms with Crippen molar-refractivity contribution in [3.8, 4) is 11.1 Å². The van der Waals surface area contributed by atoms with Gasteiger partial charge in [-0.3, -0.25) is 9.48 Å². The lowest BCUT2D eigenvalue weighted by molar-refractivity contribution is 0.0946. The zero-order valence-corrected chi connectivity index (χ0v) is 16.4. The van der Waals surface area contributed by atoms with Crippen molar-refractivity contribution in [3.05, 3.63) is 58.5 Å². The Kier molecular flexibility index (Phi) is 4.95. The van der Waals surface area contributed by atoms with E-state index in [1.165, 1.54) is 9.58 Å². The Balaban J connectivity index is 1.82. The highest BCUT2D eigenvalue weighted by molar-refractivity contribution is 6.42. The molecule has 0 radical (unpaired) electrons. The van der Waals surface area contributed by atoms with Crippen molar-refractivity contribution in [1.29, 1.82) is 0 Å². The lowest BCUT2D eigenvalue weighted by Crippen LogP contribution is -2.44. The summed E-state index contributed by atoms with van der Waals surface area (Å²) in [4.78, 5) is 19.0. The summed E-state index contributed by atoms with van der Waals surface area (Å²) in [5.74, 6) is 0.377. The second-order valence-electron chi connectivity index (χ2n) is 6.35. The van der Waals surface area contributed by atoms with E-state index in [4.69, 9.17) is 23.2 Å². The summed E-state index contributed by atoms with van der Waals surface area (Å²) < 4.78 is 15.2. The highest BCUT2D eigenvalue weighted by Gasteiger charge is 2.35. The maximum absolute atomic E-state index is 13.8. The molecule has 9 heteroatoms. The van der Waals surface area contributed by atoms with E-state index in [0.717, 1.165) is 5.56 Å². The molecule has 1 aliphatic rings. The molecule has 0 bridgehead atoms. The number of nitrogens with zero attached hydrogens (tertiary/aromatic N) is 4. The molecule has 3 aromatic rings. The van der Waals surface area contributed by atoms with Gasteiger partial charge in [-0.25, -0.2) is 9.37 Å². The van der Waals surface area contributed by atoms with E-state index in [-0.39, 0.29) is 12.5 Å². The van der Waals surface area contributed by atoms with Crippen LogP contribution in [0.15, 0.2) is 42.7 Å². The fraction of sp³-hybridized carbons (Fsp3) is 0.211. The number of hydrogen-bond donors (Lipinski definition) is 1. The van der Waals surface area contributed by atoms with E-state index in [1.54, 1.807) is 43.7 Å². The Bertz CT molecular complexity index is 1050. The molecular weight excluding hydrogens is 404 g/mol. The first-order valence-electron chi connectivity index (χ1n) is 8.58. The van der Waals surface area contributed by atoms with Gasteiger partial charge in [0.15, 0.2) is 0 Å². The number of pyridine rings is 1. The minimum Gasteiger partial charge on any atom is -0.373 e. The van der Waals surface area contributed by atoms with Crippen molar-refractivity contribution in [3.63, 3.8) is 0 Å². The molecule has 1 aliphatic heterocycles. The number of nitrogens with one attached hydrogen (secondary N) is 1. The third kappa shape index (κ3) is 3.10. The number of alkyl halides is 1. The van der Waals surface area contributed by atoms with E-state index in [1.807, 2.05) is 6.07 Å². The zero-order valence-electron chi connectivity index (χ0n) is 14.9. The Morgan fingerprint density at radius 3 is 2.79 bits per heavy atom. The lowest BCUT2D eigenvalue weighted by atomic mass is 10.0. The smallest absolute Gasteiger partial charge is 0.277 e. The molecule has 1 N–H and O–H groups in total. The monoisotopic (exact) mass is 419 g/mol. The molecule has 0 fully saturated rings. The van der Waals surface area contributed by atoms with Gasteiger partial charge in [-0.2, -0.15) is 5.10 Å². The van der Waals surface area contributed by atoms with Crippen molar-refractivity contribution in [2.24, 2.45) is 0 Å². The number of carbonyl (C=O) groups excluding carboxylic acids is 1. The van der Waals surface area contributed by atoms with Gasteiger partial charge in [0.25, 0.3) is 5.91 Å². The van der Waals surface area contributed by atoms with E-state index < -0.39 is 12.7 Å². The molecule has 28 heavy (non-hydrogen) atoms. The first-order valence-corrected chi connectivity index (χ1v) is 9.33. The quantitative estimate of drug-likeness (QED) is 0.677. The molecule has 144 valence electrons. The molecule has 3 heterocycles. The number of rotatable bonds is 4. The predicted molar refractivity (Wildman–Crippen MR) is 108 cm³/mol. The summed E-state index contributed by atoms with van der Waals surface area (Å²) >= 11 is 12.1. The SMILES string of the molecule is CNc1cc(-c2cnn3c2C(=O)N(c2ccc(Cl)c(Cl)c2)C[C@H]3CF)ccn1. The Morgan fingerprint density at radius 2 is 2.07 bits per heavy atom. The third-order valence-electron chi connectivity index (χ3n) is 4.70. The van der Waals surface area contributed by atoms with Crippen LogP contribution in [0.5, 0.6) is 0 Å². The summed E-state index contributed by atoms with van der Waals surface area (Å²) in [7, 11) is 1.76. The van der Waals surface area contributed by atoms with Gasteiger partial charge in [0.2, 0.25) is 0 Å². The first kappa shape index (κ1) is 18.7. The van der Waals surface area contributed by atoms with E-state index in [2.05, 4.69) is 15.4 Å². The topological polar surface area (TPSA) is 63.1 Å². The average molecular weight is 420 g/mol. The summed E-state index contributed by atoms with van der Waals surface area (Å²) in [6.45, 7) is -0.503. The van der Waals surface area contributed by atoms with E-state index in [9.17, 15) is 9.18 Å². The number of halogens is 3. The number of carbonyl (C=O) groups is 1. The number of hydrogen-bond acceptors (Lipinski definition) is 4. The summed E-state index contributed by atoms with van der Waals surface area (Å²) in [6.07, 6.45) is 3.23. The van der Waals surface area contributed by atoms with Crippen LogP contribution < -0.4 is 10.2 Å². The van der Waals surface area contributed by atoms with Gasteiger partial charge in [0.05, 0.1) is 28.8 Å². The number of fused-ring (bicyclic) bond motifs is 1. The normalized spacial score (nSPS) is 16.2. The van der Waals surface area contributed by atoms with Crippen molar-refractivity contribution in [2.75, 3.05) is 30.5 Å². The number of anilines is 2. The molecule has 2 aromatic heterocycles. The average Bonchev–Trinajstić information content (AvgIpc) is 3.16. The zero-order chi connectivity index (χ0) is 19.8. The van der Waals surface area contributed by atoms with Crippen molar-refractivity contribution >= 4 is 40.6 Å². The number of benzene rings is 1. The van der Waals surface area contributed by atoms with Gasteiger partial charge in [0.1, 0.15) is 18.2 Å². The van der Waals surface area contributed by atoms with Gasteiger partial charge in [-0.15, -0.1) is 0 Å². The maximum atomic E-state index is 13.8. The van der Waals surface area contributed by atoms with Gasteiger partial charge < -0.3 is 10.2 Å². The van der Waals surface area contributed by atoms with E-state index >= 15 is 0 Å². The second kappa shape index (κ2) is 7.41. The molecular formula is C19H16Cl2FN5O. The standard InChI is InChI=1S/C19H16Cl2FN5O/c1-23-17-6-11(4-5-24-17)14-9-25-27-13(8-22)10-26(19(28)18(14)27)12-2-3-15(20)16(21)7-12/h2-7,9,13H,8,10H2,1H3,(H,23,24)/t13-/m1/s1. The minimum absolute atomic E-state index is 0.152. The van der Waals surface area contributed by atoms with Crippen LogP contribution in [0.4, 0.5) is 15.9 Å². The molecule has 0 aliphatic carbocycles. The van der Waals surface area contributed by atoms with Crippen molar-refractivity contribution < 1.29 is 9.18 Å². The predicted octanol–water partition coefficient (Wildman–Crippen LogP) is 4.46. The molecule has 0 saturated carbocycles. The highest BCUT2D eigenvalue weighted by Crippen LogP contribution is 2.35.